The van der Waals surface area contributed by atoms with Crippen molar-refractivity contribution in [2.24, 2.45) is 11.8 Å². The molecule has 2 N–H and O–H groups in total. The number of amides is 4. The van der Waals surface area contributed by atoms with E-state index in [0.717, 1.165) is 0 Å². The summed E-state index contributed by atoms with van der Waals surface area (Å²) < 4.78 is 10.6. The standard InChI is InChI=1S/C30H36N4O6/c35-27(31-25-9-5-23(6-10-25)29(37)33-13-17-39-18-14-33)21-1-2-22(4-3-21)28(36)32-26-11-7-24(8-12-26)30(38)34-15-19-40-20-16-34/h5-12,21-22H,1-4,13-20H2,(H,31,35)(H,32,36). The molecule has 1 aliphatic carbocycles. The molecule has 4 amide bonds. The van der Waals surface area contributed by atoms with Crippen molar-refractivity contribution in [2.75, 3.05) is 63.2 Å². The Balaban J connectivity index is 1.06. The molecule has 0 atom stereocenters. The van der Waals surface area contributed by atoms with Crippen molar-refractivity contribution in [1.29, 1.82) is 0 Å². The first-order valence-electron chi connectivity index (χ1n) is 14.0. The fourth-order valence-electron chi connectivity index (χ4n) is 5.40. The van der Waals surface area contributed by atoms with E-state index in [4.69, 9.17) is 9.47 Å². The van der Waals surface area contributed by atoms with Gasteiger partial charge in [0.15, 0.2) is 0 Å². The van der Waals surface area contributed by atoms with Crippen LogP contribution < -0.4 is 10.6 Å². The van der Waals surface area contributed by atoms with E-state index in [9.17, 15) is 19.2 Å². The van der Waals surface area contributed by atoms with Gasteiger partial charge in [-0.3, -0.25) is 19.2 Å². The Morgan fingerprint density at radius 3 is 1.20 bits per heavy atom. The molecule has 10 heteroatoms. The average Bonchev–Trinajstić information content (AvgIpc) is 3.02. The van der Waals surface area contributed by atoms with Crippen LogP contribution in [0.4, 0.5) is 11.4 Å². The van der Waals surface area contributed by atoms with Gasteiger partial charge in [-0.1, -0.05) is 0 Å². The molecule has 0 bridgehead atoms. The number of nitrogens with one attached hydrogen (secondary N) is 2. The van der Waals surface area contributed by atoms with Crippen LogP contribution in [0.2, 0.25) is 0 Å². The average molecular weight is 549 g/mol. The lowest BCUT2D eigenvalue weighted by molar-refractivity contribution is -0.125. The molecule has 0 radical (unpaired) electrons. The molecule has 40 heavy (non-hydrogen) atoms. The van der Waals surface area contributed by atoms with Crippen LogP contribution in [0.25, 0.3) is 0 Å². The van der Waals surface area contributed by atoms with Crippen LogP contribution in [0.5, 0.6) is 0 Å². The van der Waals surface area contributed by atoms with Gasteiger partial charge in [0, 0.05) is 60.5 Å². The zero-order valence-corrected chi connectivity index (χ0v) is 22.6. The highest BCUT2D eigenvalue weighted by Gasteiger charge is 2.30. The molecule has 2 saturated heterocycles. The summed E-state index contributed by atoms with van der Waals surface area (Å²) in [5, 5.41) is 5.91. The lowest BCUT2D eigenvalue weighted by Crippen LogP contribution is -2.40. The van der Waals surface area contributed by atoms with Gasteiger partial charge in [0.25, 0.3) is 11.8 Å². The Labute approximate surface area is 234 Å². The quantitative estimate of drug-likeness (QED) is 0.573. The summed E-state index contributed by atoms with van der Waals surface area (Å²) in [4.78, 5) is 54.5. The normalized spacial score (nSPS) is 21.4. The number of anilines is 2. The zero-order chi connectivity index (χ0) is 27.9. The van der Waals surface area contributed by atoms with Gasteiger partial charge in [0.2, 0.25) is 11.8 Å². The van der Waals surface area contributed by atoms with E-state index in [-0.39, 0.29) is 35.5 Å². The molecule has 1 saturated carbocycles. The van der Waals surface area contributed by atoms with E-state index in [1.54, 1.807) is 58.3 Å². The third-order valence-corrected chi connectivity index (χ3v) is 7.86. The predicted molar refractivity (Wildman–Crippen MR) is 149 cm³/mol. The molecule has 0 spiro atoms. The predicted octanol–water partition coefficient (Wildman–Crippen LogP) is 3.02. The summed E-state index contributed by atoms with van der Waals surface area (Å²) >= 11 is 0. The summed E-state index contributed by atoms with van der Waals surface area (Å²) in [6.45, 7) is 4.54. The van der Waals surface area contributed by atoms with Crippen LogP contribution in [0, 0.1) is 11.8 Å². The Kier molecular flexibility index (Phi) is 9.08. The summed E-state index contributed by atoms with van der Waals surface area (Å²) in [5.41, 5.74) is 2.48. The van der Waals surface area contributed by atoms with Gasteiger partial charge in [-0.15, -0.1) is 0 Å². The molecule has 212 valence electrons. The van der Waals surface area contributed by atoms with Gasteiger partial charge in [0.1, 0.15) is 0 Å². The first-order chi connectivity index (χ1) is 19.5. The number of carbonyl (C=O) groups is 4. The van der Waals surface area contributed by atoms with E-state index >= 15 is 0 Å². The number of hydrogen-bond donors (Lipinski definition) is 2. The SMILES string of the molecule is O=C(Nc1ccc(C(=O)N2CCOCC2)cc1)C1CCC(C(=O)Nc2ccc(C(=O)N3CCOCC3)cc2)CC1. The molecule has 0 aromatic heterocycles. The van der Waals surface area contributed by atoms with Crippen LogP contribution in [0.15, 0.2) is 48.5 Å². The fourth-order valence-corrected chi connectivity index (χ4v) is 5.40. The van der Waals surface area contributed by atoms with Crippen LogP contribution >= 0.6 is 0 Å². The smallest absolute Gasteiger partial charge is 0.254 e. The Morgan fingerprint density at radius 2 is 0.875 bits per heavy atom. The van der Waals surface area contributed by atoms with Crippen LogP contribution in [-0.2, 0) is 19.1 Å². The van der Waals surface area contributed by atoms with Gasteiger partial charge in [-0.05, 0) is 74.2 Å². The van der Waals surface area contributed by atoms with Crippen molar-refractivity contribution in [2.45, 2.75) is 25.7 Å². The first-order valence-corrected chi connectivity index (χ1v) is 14.0. The second kappa shape index (κ2) is 13.1. The number of ether oxygens (including phenoxy) is 2. The van der Waals surface area contributed by atoms with E-state index < -0.39 is 0 Å². The molecule has 5 rings (SSSR count). The molecule has 3 aliphatic rings. The maximum atomic E-state index is 12.9. The number of rotatable bonds is 6. The Morgan fingerprint density at radius 1 is 0.550 bits per heavy atom. The molecule has 0 unspecified atom stereocenters. The van der Waals surface area contributed by atoms with Crippen molar-refractivity contribution in [3.63, 3.8) is 0 Å². The van der Waals surface area contributed by atoms with Gasteiger partial charge in [0.05, 0.1) is 26.4 Å². The minimum absolute atomic E-state index is 0.0322. The fraction of sp³-hybridized carbons (Fsp3) is 0.467. The molecule has 10 nitrogen and oxygen atoms in total. The van der Waals surface area contributed by atoms with Crippen molar-refractivity contribution in [3.8, 4) is 0 Å². The van der Waals surface area contributed by atoms with Crippen LogP contribution in [0.3, 0.4) is 0 Å². The third-order valence-electron chi connectivity index (χ3n) is 7.86. The van der Waals surface area contributed by atoms with Crippen molar-refractivity contribution < 1.29 is 28.7 Å². The molecular formula is C30H36N4O6. The van der Waals surface area contributed by atoms with E-state index in [0.29, 0.717) is 101 Å². The largest absolute Gasteiger partial charge is 0.378 e. The third kappa shape index (κ3) is 6.86. The Bertz CT molecular complexity index is 1100. The second-order valence-electron chi connectivity index (χ2n) is 10.5. The van der Waals surface area contributed by atoms with E-state index in [2.05, 4.69) is 10.6 Å². The summed E-state index contributed by atoms with van der Waals surface area (Å²) in [5.74, 6) is -0.517. The minimum Gasteiger partial charge on any atom is -0.378 e. The van der Waals surface area contributed by atoms with Crippen LogP contribution in [-0.4, -0.2) is 86.0 Å². The van der Waals surface area contributed by atoms with Gasteiger partial charge < -0.3 is 29.9 Å². The number of hydrogen-bond acceptors (Lipinski definition) is 6. The number of nitrogens with zero attached hydrogens (tertiary/aromatic N) is 2. The molecule has 3 fully saturated rings. The topological polar surface area (TPSA) is 117 Å². The zero-order valence-electron chi connectivity index (χ0n) is 22.6. The molecule has 2 heterocycles. The summed E-state index contributed by atoms with van der Waals surface area (Å²) in [7, 11) is 0. The summed E-state index contributed by atoms with van der Waals surface area (Å²) in [6, 6.07) is 14.0. The lowest BCUT2D eigenvalue weighted by atomic mass is 9.81. The molecule has 2 aliphatic heterocycles. The maximum Gasteiger partial charge on any atom is 0.254 e. The Hall–Kier alpha value is -3.76. The van der Waals surface area contributed by atoms with Gasteiger partial charge in [-0.2, -0.15) is 0 Å². The van der Waals surface area contributed by atoms with Gasteiger partial charge in [-0.25, -0.2) is 0 Å². The molecule has 2 aromatic rings. The second-order valence-corrected chi connectivity index (χ2v) is 10.5. The lowest BCUT2D eigenvalue weighted by Gasteiger charge is -2.27. The van der Waals surface area contributed by atoms with Gasteiger partial charge >= 0.3 is 0 Å². The molecule has 2 aromatic carbocycles. The monoisotopic (exact) mass is 548 g/mol. The van der Waals surface area contributed by atoms with E-state index in [1.807, 2.05) is 0 Å². The minimum atomic E-state index is -0.163. The van der Waals surface area contributed by atoms with Crippen molar-refractivity contribution >= 4 is 35.0 Å². The highest BCUT2D eigenvalue weighted by Crippen LogP contribution is 2.31. The number of morpholine rings is 2. The highest BCUT2D eigenvalue weighted by atomic mass is 16.5. The number of benzene rings is 2. The maximum absolute atomic E-state index is 12.9. The highest BCUT2D eigenvalue weighted by molar-refractivity contribution is 5.97. The van der Waals surface area contributed by atoms with E-state index in [1.165, 1.54) is 0 Å². The first kappa shape index (κ1) is 27.8. The summed E-state index contributed by atoms with van der Waals surface area (Å²) in [6.07, 6.45) is 2.52. The number of carbonyl (C=O) groups excluding carboxylic acids is 4. The van der Waals surface area contributed by atoms with Crippen LogP contribution in [0.1, 0.15) is 46.4 Å². The van der Waals surface area contributed by atoms with Crippen molar-refractivity contribution in [3.05, 3.63) is 59.7 Å². The molecular weight excluding hydrogens is 512 g/mol. The van der Waals surface area contributed by atoms with Crippen molar-refractivity contribution in [1.82, 2.24) is 9.80 Å².